The van der Waals surface area contributed by atoms with Crippen molar-refractivity contribution in [2.45, 2.75) is 82.1 Å². The van der Waals surface area contributed by atoms with Crippen LogP contribution in [0.2, 0.25) is 0 Å². The number of hydrogen-bond acceptors (Lipinski definition) is 1. The van der Waals surface area contributed by atoms with Gasteiger partial charge in [0.15, 0.2) is 0 Å². The van der Waals surface area contributed by atoms with E-state index in [1.165, 1.54) is 97.4 Å². The molecule has 5 aromatic rings. The van der Waals surface area contributed by atoms with Crippen LogP contribution in [0.1, 0.15) is 104 Å². The molecule has 0 amide bonds. The normalized spacial score (nSPS) is 16.1. The Bertz CT molecular complexity index is 1590. The maximum Gasteiger partial charge on any atom is 0.0195 e. The van der Waals surface area contributed by atoms with Crippen molar-refractivity contribution in [3.8, 4) is 11.3 Å². The molecule has 2 fully saturated rings. The summed E-state index contributed by atoms with van der Waals surface area (Å²) >= 11 is 0. The van der Waals surface area contributed by atoms with E-state index in [1.807, 2.05) is 6.07 Å². The van der Waals surface area contributed by atoms with Crippen molar-refractivity contribution in [1.29, 1.82) is 0 Å². The van der Waals surface area contributed by atoms with E-state index < -0.39 is 0 Å². The summed E-state index contributed by atoms with van der Waals surface area (Å²) in [6, 6.07) is 40.3. The number of rotatable bonds is 7. The standard InChI is InChI=1S/C40H40N2.2CH3.Hf/c1-4-15-30(16-5-1)34-24-13-25-35(31-17-6-2-7-18-31)40(34)42-39(32-20-8-3-9-21-32)38-28-14-27-37(41-38)36-26-12-22-29-19-10-11-23-33(29)36;;;/h3,8-14,19-25,27-28,30-31,39H,1-2,4-7,15-18H2;2*1H3;/q-2;2*-1;. The third kappa shape index (κ3) is 7.68. The Morgan fingerprint density at radius 1 is 0.622 bits per heavy atom. The van der Waals surface area contributed by atoms with Crippen molar-refractivity contribution >= 4 is 16.5 Å². The molecule has 1 unspecified atom stereocenters. The van der Waals surface area contributed by atoms with E-state index >= 15 is 0 Å². The number of nitrogens with zero attached hydrogens (tertiary/aromatic N) is 2. The number of benzene rings is 4. The molecule has 0 spiro atoms. The molecule has 3 heteroatoms. The fourth-order valence-corrected chi connectivity index (χ4v) is 7.41. The summed E-state index contributed by atoms with van der Waals surface area (Å²) in [6.45, 7) is 0. The Morgan fingerprint density at radius 3 is 1.89 bits per heavy atom. The Hall–Kier alpha value is -3.04. The molecule has 232 valence electrons. The summed E-state index contributed by atoms with van der Waals surface area (Å²) in [5, 5.41) is 8.16. The number of aromatic nitrogens is 1. The largest absolute Gasteiger partial charge is 0.673 e. The summed E-state index contributed by atoms with van der Waals surface area (Å²) in [7, 11) is 0. The number of pyridine rings is 1. The van der Waals surface area contributed by atoms with Crippen LogP contribution in [0.3, 0.4) is 0 Å². The molecule has 1 atom stereocenters. The average molecular weight is 757 g/mol. The fraction of sp³-hybridized carbons (Fsp3) is 0.310. The van der Waals surface area contributed by atoms with E-state index in [9.17, 15) is 0 Å². The molecule has 0 aliphatic heterocycles. The van der Waals surface area contributed by atoms with Crippen molar-refractivity contribution < 1.29 is 25.8 Å². The third-order valence-corrected chi connectivity index (χ3v) is 9.59. The van der Waals surface area contributed by atoms with E-state index in [2.05, 4.69) is 103 Å². The van der Waals surface area contributed by atoms with Crippen LogP contribution in [0.15, 0.2) is 103 Å². The molecular weight excluding hydrogens is 711 g/mol. The molecule has 0 N–H and O–H groups in total. The first-order valence-electron chi connectivity index (χ1n) is 16.1. The SMILES string of the molecule is [CH3-].[CH3-].[Hf].[c-]1ccc2ccccc2c1-c1cccc(C([N-]c2c(C3CCCCC3)cccc2C2CCCCC2)c2ccccc2)n1. The van der Waals surface area contributed by atoms with Crippen LogP contribution in [0.5, 0.6) is 0 Å². The molecule has 45 heavy (non-hydrogen) atoms. The molecule has 1 heterocycles. The van der Waals surface area contributed by atoms with Crippen LogP contribution < -0.4 is 0 Å². The van der Waals surface area contributed by atoms with Gasteiger partial charge in [0.25, 0.3) is 0 Å². The minimum atomic E-state index is -0.173. The maximum atomic E-state index is 5.77. The predicted octanol–water partition coefficient (Wildman–Crippen LogP) is 12.5. The topological polar surface area (TPSA) is 27.0 Å². The summed E-state index contributed by atoms with van der Waals surface area (Å²) in [4.78, 5) is 5.33. The molecule has 2 saturated carbocycles. The van der Waals surface area contributed by atoms with Crippen molar-refractivity contribution in [1.82, 2.24) is 4.98 Å². The van der Waals surface area contributed by atoms with Crippen LogP contribution >= 0.6 is 0 Å². The quantitative estimate of drug-likeness (QED) is 0.120. The first kappa shape index (κ1) is 34.8. The first-order chi connectivity index (χ1) is 20.8. The van der Waals surface area contributed by atoms with Gasteiger partial charge in [0.1, 0.15) is 0 Å². The van der Waals surface area contributed by atoms with Gasteiger partial charge in [-0.2, -0.15) is 0 Å². The zero-order valence-corrected chi connectivity index (χ0v) is 30.6. The fourth-order valence-electron chi connectivity index (χ4n) is 7.41. The predicted molar refractivity (Wildman–Crippen MR) is 188 cm³/mol. The molecule has 0 radical (unpaired) electrons. The molecule has 0 bridgehead atoms. The Morgan fingerprint density at radius 2 is 1.22 bits per heavy atom. The Balaban J connectivity index is 0.00000154. The number of fused-ring (bicyclic) bond motifs is 1. The van der Waals surface area contributed by atoms with Gasteiger partial charge in [0.05, 0.1) is 0 Å². The van der Waals surface area contributed by atoms with Gasteiger partial charge in [0, 0.05) is 31.5 Å². The molecule has 0 saturated heterocycles. The van der Waals surface area contributed by atoms with Crippen molar-refractivity contribution in [2.75, 3.05) is 0 Å². The van der Waals surface area contributed by atoms with E-state index in [0.29, 0.717) is 11.8 Å². The number of hydrogen-bond donors (Lipinski definition) is 0. The molecule has 1 aromatic heterocycles. The molecule has 2 nitrogen and oxygen atoms in total. The van der Waals surface area contributed by atoms with Gasteiger partial charge in [0.2, 0.25) is 0 Å². The monoisotopic (exact) mass is 758 g/mol. The third-order valence-electron chi connectivity index (χ3n) is 9.59. The Labute approximate surface area is 290 Å². The van der Waals surface area contributed by atoms with E-state index in [-0.39, 0.29) is 46.7 Å². The second-order valence-electron chi connectivity index (χ2n) is 12.3. The van der Waals surface area contributed by atoms with Crippen LogP contribution in [0, 0.1) is 20.9 Å². The van der Waals surface area contributed by atoms with Crippen LogP contribution in [0.25, 0.3) is 27.3 Å². The zero-order valence-electron chi connectivity index (χ0n) is 27.0. The molecule has 2 aliphatic carbocycles. The summed E-state index contributed by atoms with van der Waals surface area (Å²) in [5.41, 5.74) is 8.38. The van der Waals surface area contributed by atoms with Gasteiger partial charge >= 0.3 is 0 Å². The van der Waals surface area contributed by atoms with Crippen LogP contribution in [-0.4, -0.2) is 4.98 Å². The van der Waals surface area contributed by atoms with E-state index in [4.69, 9.17) is 10.3 Å². The zero-order chi connectivity index (χ0) is 28.1. The van der Waals surface area contributed by atoms with Crippen molar-refractivity contribution in [3.63, 3.8) is 0 Å². The Kier molecular flexibility index (Phi) is 12.8. The van der Waals surface area contributed by atoms with Crippen molar-refractivity contribution in [2.24, 2.45) is 0 Å². The van der Waals surface area contributed by atoms with Gasteiger partial charge in [-0.3, -0.25) is 0 Å². The molecule has 7 rings (SSSR count). The van der Waals surface area contributed by atoms with E-state index in [1.54, 1.807) is 0 Å². The summed E-state index contributed by atoms with van der Waals surface area (Å²) in [5.74, 6) is 1.20. The second kappa shape index (κ2) is 16.5. The van der Waals surface area contributed by atoms with Gasteiger partial charge in [-0.15, -0.1) is 34.8 Å². The maximum absolute atomic E-state index is 5.77. The van der Waals surface area contributed by atoms with Gasteiger partial charge in [-0.1, -0.05) is 146 Å². The van der Waals surface area contributed by atoms with E-state index in [0.717, 1.165) is 17.0 Å². The minimum Gasteiger partial charge on any atom is -0.673 e. The van der Waals surface area contributed by atoms with Crippen LogP contribution in [0.4, 0.5) is 5.69 Å². The molecule has 4 aromatic carbocycles. The average Bonchev–Trinajstić information content (AvgIpc) is 3.08. The second-order valence-corrected chi connectivity index (χ2v) is 12.3. The number of para-hydroxylation sites is 1. The summed E-state index contributed by atoms with van der Waals surface area (Å²) in [6.07, 6.45) is 13.1. The minimum absolute atomic E-state index is 0. The van der Waals surface area contributed by atoms with Gasteiger partial charge in [-0.25, -0.2) is 0 Å². The van der Waals surface area contributed by atoms with Gasteiger partial charge < -0.3 is 25.2 Å². The molecule has 2 aliphatic rings. The molecular formula is C42H46HfN2-4. The summed E-state index contributed by atoms with van der Waals surface area (Å²) < 4.78 is 0. The smallest absolute Gasteiger partial charge is 0.0195 e. The van der Waals surface area contributed by atoms with Gasteiger partial charge in [-0.05, 0) is 55.3 Å². The first-order valence-corrected chi connectivity index (χ1v) is 16.1. The van der Waals surface area contributed by atoms with Crippen molar-refractivity contribution in [3.05, 3.63) is 152 Å². The van der Waals surface area contributed by atoms with Crippen LogP contribution in [-0.2, 0) is 25.8 Å².